The molecule has 1 aromatic heterocycles. The lowest BCUT2D eigenvalue weighted by molar-refractivity contribution is 0.0896. The molecule has 5 heteroatoms. The number of hydrogen-bond acceptors (Lipinski definition) is 3. The summed E-state index contributed by atoms with van der Waals surface area (Å²) in [6.07, 6.45) is -0.575. The van der Waals surface area contributed by atoms with Crippen molar-refractivity contribution in [1.29, 1.82) is 0 Å². The standard InChI is InChI=1S/C8H10ClNO3/c1-5(11)4-10-8(12)6-2-3-7(9)13-6/h2-3,5,11H,4H2,1H3,(H,10,12)/t5-/m0/s1. The molecule has 4 nitrogen and oxygen atoms in total. The molecule has 1 rings (SSSR count). The van der Waals surface area contributed by atoms with E-state index in [0.717, 1.165) is 0 Å². The molecule has 1 atom stereocenters. The van der Waals surface area contributed by atoms with E-state index in [1.165, 1.54) is 12.1 Å². The molecule has 0 saturated carbocycles. The molecule has 13 heavy (non-hydrogen) atoms. The third-order valence-electron chi connectivity index (χ3n) is 1.36. The van der Waals surface area contributed by atoms with Crippen molar-refractivity contribution in [2.75, 3.05) is 6.54 Å². The lowest BCUT2D eigenvalue weighted by atomic mass is 10.4. The predicted molar refractivity (Wildman–Crippen MR) is 47.7 cm³/mol. The van der Waals surface area contributed by atoms with Gasteiger partial charge in [0.25, 0.3) is 5.91 Å². The van der Waals surface area contributed by atoms with Crippen LogP contribution in [0.5, 0.6) is 0 Å². The molecule has 0 aromatic carbocycles. The van der Waals surface area contributed by atoms with Gasteiger partial charge in [0, 0.05) is 6.54 Å². The normalized spacial score (nSPS) is 12.5. The summed E-state index contributed by atoms with van der Waals surface area (Å²) in [5, 5.41) is 11.5. The van der Waals surface area contributed by atoms with E-state index in [0.29, 0.717) is 0 Å². The maximum atomic E-state index is 11.2. The molecular weight excluding hydrogens is 194 g/mol. The van der Waals surface area contributed by atoms with Crippen molar-refractivity contribution in [3.05, 3.63) is 23.1 Å². The average molecular weight is 204 g/mol. The van der Waals surface area contributed by atoms with Gasteiger partial charge in [-0.3, -0.25) is 4.79 Å². The molecule has 1 amide bonds. The van der Waals surface area contributed by atoms with Crippen LogP contribution >= 0.6 is 11.6 Å². The summed E-state index contributed by atoms with van der Waals surface area (Å²) in [6, 6.07) is 2.96. The average Bonchev–Trinajstić information content (AvgIpc) is 2.47. The van der Waals surface area contributed by atoms with Gasteiger partial charge in [0.15, 0.2) is 11.0 Å². The van der Waals surface area contributed by atoms with Crippen LogP contribution in [0.2, 0.25) is 5.22 Å². The molecule has 0 aliphatic heterocycles. The number of nitrogens with one attached hydrogen (secondary N) is 1. The topological polar surface area (TPSA) is 62.5 Å². The largest absolute Gasteiger partial charge is 0.440 e. The highest BCUT2D eigenvalue weighted by Crippen LogP contribution is 2.12. The minimum Gasteiger partial charge on any atom is -0.440 e. The van der Waals surface area contributed by atoms with Gasteiger partial charge in [-0.25, -0.2) is 0 Å². The van der Waals surface area contributed by atoms with Gasteiger partial charge in [-0.2, -0.15) is 0 Å². The summed E-state index contributed by atoms with van der Waals surface area (Å²) in [5.41, 5.74) is 0. The first kappa shape index (κ1) is 10.1. The summed E-state index contributed by atoms with van der Waals surface area (Å²) >= 11 is 5.47. The number of aliphatic hydroxyl groups excluding tert-OH is 1. The molecule has 1 heterocycles. The van der Waals surface area contributed by atoms with Gasteiger partial charge in [0.05, 0.1) is 6.10 Å². The summed E-state index contributed by atoms with van der Waals surface area (Å²) < 4.78 is 4.85. The highest BCUT2D eigenvalue weighted by molar-refractivity contribution is 6.29. The maximum absolute atomic E-state index is 11.2. The quantitative estimate of drug-likeness (QED) is 0.772. The highest BCUT2D eigenvalue weighted by atomic mass is 35.5. The Kier molecular flexibility index (Phi) is 3.33. The molecule has 0 aliphatic carbocycles. The van der Waals surface area contributed by atoms with E-state index in [2.05, 4.69) is 5.32 Å². The van der Waals surface area contributed by atoms with E-state index in [1.807, 2.05) is 0 Å². The zero-order valence-electron chi connectivity index (χ0n) is 7.08. The number of amides is 1. The lowest BCUT2D eigenvalue weighted by Gasteiger charge is -2.04. The predicted octanol–water partition coefficient (Wildman–Crippen LogP) is 1.04. The van der Waals surface area contributed by atoms with E-state index in [9.17, 15) is 4.79 Å². The van der Waals surface area contributed by atoms with Crippen LogP contribution in [0, 0.1) is 0 Å². The van der Waals surface area contributed by atoms with Crippen molar-refractivity contribution < 1.29 is 14.3 Å². The number of rotatable bonds is 3. The van der Waals surface area contributed by atoms with E-state index in [1.54, 1.807) is 6.92 Å². The molecule has 0 saturated heterocycles. The Morgan fingerprint density at radius 2 is 2.46 bits per heavy atom. The van der Waals surface area contributed by atoms with Gasteiger partial charge < -0.3 is 14.8 Å². The fourth-order valence-corrected chi connectivity index (χ4v) is 0.910. The summed E-state index contributed by atoms with van der Waals surface area (Å²) in [6.45, 7) is 1.77. The third-order valence-corrected chi connectivity index (χ3v) is 1.56. The summed E-state index contributed by atoms with van der Waals surface area (Å²) in [5.74, 6) is -0.238. The maximum Gasteiger partial charge on any atom is 0.287 e. The van der Waals surface area contributed by atoms with Crippen LogP contribution in [-0.4, -0.2) is 23.7 Å². The number of halogens is 1. The summed E-state index contributed by atoms with van der Waals surface area (Å²) in [4.78, 5) is 11.2. The zero-order valence-corrected chi connectivity index (χ0v) is 7.84. The van der Waals surface area contributed by atoms with Crippen LogP contribution in [0.4, 0.5) is 0 Å². The van der Waals surface area contributed by atoms with Crippen molar-refractivity contribution in [3.8, 4) is 0 Å². The SMILES string of the molecule is C[C@H](O)CNC(=O)c1ccc(Cl)o1. The molecule has 0 unspecified atom stereocenters. The molecule has 0 fully saturated rings. The van der Waals surface area contributed by atoms with Crippen molar-refractivity contribution >= 4 is 17.5 Å². The second-order valence-corrected chi connectivity index (χ2v) is 3.04. The Balaban J connectivity index is 2.49. The van der Waals surface area contributed by atoms with Crippen LogP contribution in [0.15, 0.2) is 16.5 Å². The Morgan fingerprint density at radius 3 is 2.92 bits per heavy atom. The van der Waals surface area contributed by atoms with Crippen molar-refractivity contribution in [3.63, 3.8) is 0 Å². The van der Waals surface area contributed by atoms with Crippen LogP contribution in [0.3, 0.4) is 0 Å². The highest BCUT2D eigenvalue weighted by Gasteiger charge is 2.10. The Hall–Kier alpha value is -1.00. The Morgan fingerprint density at radius 1 is 1.77 bits per heavy atom. The Bertz CT molecular complexity index is 295. The number of furan rings is 1. The van der Waals surface area contributed by atoms with Crippen LogP contribution in [0.25, 0.3) is 0 Å². The number of aliphatic hydroxyl groups is 1. The number of hydrogen-bond donors (Lipinski definition) is 2. The zero-order chi connectivity index (χ0) is 9.84. The molecule has 0 bridgehead atoms. The smallest absolute Gasteiger partial charge is 0.287 e. The lowest BCUT2D eigenvalue weighted by Crippen LogP contribution is -2.30. The van der Waals surface area contributed by atoms with Gasteiger partial charge in [-0.15, -0.1) is 0 Å². The molecule has 0 spiro atoms. The minimum absolute atomic E-state index is 0.144. The van der Waals surface area contributed by atoms with Gasteiger partial charge in [0.1, 0.15) is 0 Å². The molecular formula is C8H10ClNO3. The fourth-order valence-electron chi connectivity index (χ4n) is 0.764. The molecule has 2 N–H and O–H groups in total. The van der Waals surface area contributed by atoms with Gasteiger partial charge in [-0.05, 0) is 30.7 Å². The Labute approximate surface area is 80.5 Å². The van der Waals surface area contributed by atoms with E-state index < -0.39 is 6.10 Å². The second kappa shape index (κ2) is 4.30. The van der Waals surface area contributed by atoms with E-state index >= 15 is 0 Å². The second-order valence-electron chi connectivity index (χ2n) is 2.66. The molecule has 0 aliphatic rings. The van der Waals surface area contributed by atoms with Crippen LogP contribution in [0.1, 0.15) is 17.5 Å². The monoisotopic (exact) mass is 203 g/mol. The first-order valence-corrected chi connectivity index (χ1v) is 4.19. The van der Waals surface area contributed by atoms with Crippen molar-refractivity contribution in [1.82, 2.24) is 5.32 Å². The van der Waals surface area contributed by atoms with Crippen molar-refractivity contribution in [2.45, 2.75) is 13.0 Å². The number of carbonyl (C=O) groups excluding carboxylic acids is 1. The first-order valence-electron chi connectivity index (χ1n) is 3.81. The van der Waals surface area contributed by atoms with E-state index in [-0.39, 0.29) is 23.4 Å². The van der Waals surface area contributed by atoms with Gasteiger partial charge in [-0.1, -0.05) is 0 Å². The molecule has 1 aromatic rings. The van der Waals surface area contributed by atoms with Gasteiger partial charge in [0.2, 0.25) is 0 Å². The van der Waals surface area contributed by atoms with Crippen LogP contribution in [-0.2, 0) is 0 Å². The third kappa shape index (κ3) is 3.08. The van der Waals surface area contributed by atoms with Gasteiger partial charge >= 0.3 is 0 Å². The van der Waals surface area contributed by atoms with E-state index in [4.69, 9.17) is 21.1 Å². The number of carbonyl (C=O) groups is 1. The minimum atomic E-state index is -0.575. The first-order chi connectivity index (χ1) is 6.09. The fraction of sp³-hybridized carbons (Fsp3) is 0.375. The summed E-state index contributed by atoms with van der Waals surface area (Å²) in [7, 11) is 0. The van der Waals surface area contributed by atoms with Crippen molar-refractivity contribution in [2.24, 2.45) is 0 Å². The molecule has 72 valence electrons. The van der Waals surface area contributed by atoms with Crippen LogP contribution < -0.4 is 5.32 Å². The molecule has 0 radical (unpaired) electrons.